The van der Waals surface area contributed by atoms with Gasteiger partial charge >= 0.3 is 0 Å². The molecule has 0 aromatic carbocycles. The Morgan fingerprint density at radius 1 is 1.29 bits per heavy atom. The fraction of sp³-hybridized carbons (Fsp3) is 0.857. The van der Waals surface area contributed by atoms with Crippen LogP contribution in [-0.2, 0) is 22.1 Å². The summed E-state index contributed by atoms with van der Waals surface area (Å²) in [6.07, 6.45) is 6.37. The molecule has 120 valence electrons. The van der Waals surface area contributed by atoms with Gasteiger partial charge in [0.25, 0.3) is 0 Å². The Balaban J connectivity index is 1.81. The first-order valence-corrected chi connectivity index (χ1v) is 9.55. The average Bonchev–Trinajstić information content (AvgIpc) is 2.77. The molecule has 6 nitrogen and oxygen atoms in total. The van der Waals surface area contributed by atoms with E-state index in [1.165, 1.54) is 31.9 Å². The van der Waals surface area contributed by atoms with Gasteiger partial charge in [0.05, 0.1) is 6.54 Å². The van der Waals surface area contributed by atoms with Crippen molar-refractivity contribution in [3.05, 3.63) is 11.7 Å². The highest BCUT2D eigenvalue weighted by Crippen LogP contribution is 2.28. The summed E-state index contributed by atoms with van der Waals surface area (Å²) in [5.41, 5.74) is 0. The maximum absolute atomic E-state index is 11.2. The van der Waals surface area contributed by atoms with E-state index < -0.39 is 9.84 Å². The molecule has 0 N–H and O–H groups in total. The van der Waals surface area contributed by atoms with E-state index in [1.807, 2.05) is 7.05 Å². The molecular formula is C14H25N3O3S. The summed E-state index contributed by atoms with van der Waals surface area (Å²) < 4.78 is 27.5. The van der Waals surface area contributed by atoms with E-state index in [2.05, 4.69) is 22.0 Å². The van der Waals surface area contributed by atoms with Crippen molar-refractivity contribution < 1.29 is 12.9 Å². The van der Waals surface area contributed by atoms with Gasteiger partial charge in [-0.3, -0.25) is 4.90 Å². The highest BCUT2D eigenvalue weighted by Gasteiger charge is 2.20. The van der Waals surface area contributed by atoms with Crippen LogP contribution in [0.25, 0.3) is 0 Å². The van der Waals surface area contributed by atoms with Gasteiger partial charge in [-0.1, -0.05) is 24.9 Å². The molecule has 0 amide bonds. The highest BCUT2D eigenvalue weighted by molar-refractivity contribution is 7.89. The zero-order chi connectivity index (χ0) is 15.5. The summed E-state index contributed by atoms with van der Waals surface area (Å²) in [6, 6.07) is 0. The topological polar surface area (TPSA) is 76.3 Å². The molecule has 2 rings (SSSR count). The van der Waals surface area contributed by atoms with E-state index in [0.717, 1.165) is 18.4 Å². The van der Waals surface area contributed by atoms with Crippen LogP contribution in [0.1, 0.15) is 44.3 Å². The predicted molar refractivity (Wildman–Crippen MR) is 80.3 cm³/mol. The third kappa shape index (κ3) is 5.74. The minimum absolute atomic E-state index is 0.166. The van der Waals surface area contributed by atoms with E-state index in [-0.39, 0.29) is 11.6 Å². The summed E-state index contributed by atoms with van der Waals surface area (Å²) >= 11 is 0. The molecule has 0 saturated heterocycles. The van der Waals surface area contributed by atoms with Crippen LogP contribution in [0.3, 0.4) is 0 Å². The Morgan fingerprint density at radius 2 is 1.95 bits per heavy atom. The molecule has 0 bridgehead atoms. The van der Waals surface area contributed by atoms with Crippen LogP contribution in [0.5, 0.6) is 0 Å². The number of hydrogen-bond acceptors (Lipinski definition) is 6. The van der Waals surface area contributed by atoms with Crippen LogP contribution < -0.4 is 0 Å². The Labute approximate surface area is 126 Å². The minimum Gasteiger partial charge on any atom is -0.338 e. The lowest BCUT2D eigenvalue weighted by Gasteiger charge is -2.29. The third-order valence-corrected chi connectivity index (χ3v) is 4.79. The van der Waals surface area contributed by atoms with Crippen molar-refractivity contribution in [2.45, 2.75) is 44.9 Å². The summed E-state index contributed by atoms with van der Waals surface area (Å²) in [4.78, 5) is 6.32. The van der Waals surface area contributed by atoms with Crippen LogP contribution in [0.4, 0.5) is 0 Å². The molecule has 1 aliphatic rings. The van der Waals surface area contributed by atoms with Crippen molar-refractivity contribution in [3.63, 3.8) is 0 Å². The Hall–Kier alpha value is -0.950. The molecule has 1 heterocycles. The van der Waals surface area contributed by atoms with Gasteiger partial charge in [0.1, 0.15) is 5.75 Å². The summed E-state index contributed by atoms with van der Waals surface area (Å²) in [7, 11) is -1.08. The first-order valence-electron chi connectivity index (χ1n) is 7.49. The van der Waals surface area contributed by atoms with E-state index >= 15 is 0 Å². The first kappa shape index (κ1) is 16.4. The zero-order valence-electron chi connectivity index (χ0n) is 13.1. The Kier molecular flexibility index (Phi) is 5.37. The van der Waals surface area contributed by atoms with Crippen molar-refractivity contribution in [1.82, 2.24) is 15.0 Å². The molecule has 1 fully saturated rings. The molecule has 0 atom stereocenters. The molecular weight excluding hydrogens is 290 g/mol. The number of aromatic nitrogens is 2. The van der Waals surface area contributed by atoms with Crippen LogP contribution in [0, 0.1) is 11.8 Å². The van der Waals surface area contributed by atoms with Crippen molar-refractivity contribution in [1.29, 1.82) is 0 Å². The molecule has 0 spiro atoms. The van der Waals surface area contributed by atoms with E-state index in [4.69, 9.17) is 4.52 Å². The van der Waals surface area contributed by atoms with Crippen LogP contribution in [-0.4, -0.2) is 43.3 Å². The van der Waals surface area contributed by atoms with Crippen molar-refractivity contribution >= 4 is 9.84 Å². The largest absolute Gasteiger partial charge is 0.338 e. The Morgan fingerprint density at radius 3 is 2.57 bits per heavy atom. The fourth-order valence-electron chi connectivity index (χ4n) is 2.90. The fourth-order valence-corrected chi connectivity index (χ4v) is 3.48. The molecule has 1 saturated carbocycles. The monoisotopic (exact) mass is 315 g/mol. The van der Waals surface area contributed by atoms with Gasteiger partial charge < -0.3 is 4.52 Å². The number of rotatable bonds is 6. The van der Waals surface area contributed by atoms with Crippen LogP contribution in [0.2, 0.25) is 0 Å². The summed E-state index contributed by atoms with van der Waals surface area (Å²) in [6.45, 7) is 3.92. The average molecular weight is 315 g/mol. The van der Waals surface area contributed by atoms with E-state index in [9.17, 15) is 8.42 Å². The second-order valence-corrected chi connectivity index (χ2v) is 8.64. The second-order valence-electron chi connectivity index (χ2n) is 6.50. The number of hydrogen-bond donors (Lipinski definition) is 0. The van der Waals surface area contributed by atoms with Crippen molar-refractivity contribution in [2.75, 3.05) is 19.8 Å². The van der Waals surface area contributed by atoms with E-state index in [1.54, 1.807) is 0 Å². The Bertz CT molecular complexity index is 548. The maximum Gasteiger partial charge on any atom is 0.240 e. The van der Waals surface area contributed by atoms with Gasteiger partial charge in [-0.25, -0.2) is 8.42 Å². The van der Waals surface area contributed by atoms with Crippen molar-refractivity contribution in [2.24, 2.45) is 11.8 Å². The van der Waals surface area contributed by atoms with Gasteiger partial charge in [0.15, 0.2) is 15.7 Å². The van der Waals surface area contributed by atoms with Crippen LogP contribution >= 0.6 is 0 Å². The molecule has 1 aromatic heterocycles. The smallest absolute Gasteiger partial charge is 0.240 e. The predicted octanol–water partition coefficient (Wildman–Crippen LogP) is 1.87. The first-order chi connectivity index (χ1) is 9.82. The lowest BCUT2D eigenvalue weighted by Crippen LogP contribution is -2.28. The quantitative estimate of drug-likeness (QED) is 0.797. The highest BCUT2D eigenvalue weighted by atomic mass is 32.2. The molecule has 0 radical (unpaired) electrons. The molecule has 1 aromatic rings. The molecule has 7 heteroatoms. The molecule has 0 aliphatic heterocycles. The van der Waals surface area contributed by atoms with Gasteiger partial charge in [0, 0.05) is 12.8 Å². The number of nitrogens with zero attached hydrogens (tertiary/aromatic N) is 3. The molecule has 21 heavy (non-hydrogen) atoms. The maximum atomic E-state index is 11.2. The zero-order valence-corrected chi connectivity index (χ0v) is 13.9. The van der Waals surface area contributed by atoms with Gasteiger partial charge in [-0.2, -0.15) is 4.98 Å². The number of sulfone groups is 1. The lowest BCUT2D eigenvalue weighted by molar-refractivity contribution is 0.189. The normalized spacial score (nSPS) is 23.6. The van der Waals surface area contributed by atoms with Gasteiger partial charge in [-0.05, 0) is 31.7 Å². The summed E-state index contributed by atoms with van der Waals surface area (Å²) in [5, 5.41) is 3.72. The molecule has 0 unspecified atom stereocenters. The minimum atomic E-state index is -3.12. The SMILES string of the molecule is CC1CCC(CN(C)Cc2nc(CS(C)(=O)=O)no2)CC1. The lowest BCUT2D eigenvalue weighted by atomic mass is 9.83. The van der Waals surface area contributed by atoms with Crippen LogP contribution in [0.15, 0.2) is 4.52 Å². The third-order valence-electron chi connectivity index (χ3n) is 4.01. The van der Waals surface area contributed by atoms with Crippen molar-refractivity contribution in [3.8, 4) is 0 Å². The van der Waals surface area contributed by atoms with Gasteiger partial charge in [0.2, 0.25) is 5.89 Å². The van der Waals surface area contributed by atoms with E-state index in [0.29, 0.717) is 12.4 Å². The standard InChI is InChI=1S/C14H25N3O3S/c1-11-4-6-12(7-5-11)8-17(2)9-14-15-13(16-20-14)10-21(3,18)19/h11-12H,4-10H2,1-3H3. The second kappa shape index (κ2) is 6.87. The molecule has 1 aliphatic carbocycles. The summed E-state index contributed by atoms with van der Waals surface area (Å²) in [5.74, 6) is 2.17. The van der Waals surface area contributed by atoms with Gasteiger partial charge in [-0.15, -0.1) is 0 Å².